The van der Waals surface area contributed by atoms with Gasteiger partial charge in [0.05, 0.1) is 11.7 Å². The number of hydrogen-bond acceptors (Lipinski definition) is 6. The Morgan fingerprint density at radius 3 is 3.00 bits per heavy atom. The lowest BCUT2D eigenvalue weighted by molar-refractivity contribution is 0.200. The van der Waals surface area contributed by atoms with Crippen molar-refractivity contribution in [2.24, 2.45) is 0 Å². The maximum absolute atomic E-state index is 12.4. The number of aromatic amines is 1. The summed E-state index contributed by atoms with van der Waals surface area (Å²) in [5.41, 5.74) is 1.66. The lowest BCUT2D eigenvalue weighted by Gasteiger charge is -2.32. The zero-order chi connectivity index (χ0) is 19.2. The van der Waals surface area contributed by atoms with Crippen molar-refractivity contribution >= 4 is 28.3 Å². The second-order valence-electron chi connectivity index (χ2n) is 8.20. The number of nitrogens with one attached hydrogen (secondary N) is 2. The van der Waals surface area contributed by atoms with Crippen LogP contribution in [-0.2, 0) is 18.5 Å². The summed E-state index contributed by atoms with van der Waals surface area (Å²) in [4.78, 5) is 23.8. The smallest absolute Gasteiger partial charge is 0.263 e. The first kappa shape index (κ1) is 18.2. The van der Waals surface area contributed by atoms with E-state index in [1.54, 1.807) is 10.9 Å². The summed E-state index contributed by atoms with van der Waals surface area (Å²) in [6, 6.07) is 2.57. The normalized spacial score (nSPS) is 16.4. The fourth-order valence-corrected chi connectivity index (χ4v) is 4.40. The Morgan fingerprint density at radius 1 is 1.41 bits per heavy atom. The van der Waals surface area contributed by atoms with E-state index in [9.17, 15) is 4.79 Å². The van der Waals surface area contributed by atoms with Gasteiger partial charge in [0, 0.05) is 30.6 Å². The highest BCUT2D eigenvalue weighted by Crippen LogP contribution is 2.25. The molecule has 4 rings (SSSR count). The third-order valence-electron chi connectivity index (χ3n) is 5.10. The Labute approximate surface area is 162 Å². The van der Waals surface area contributed by atoms with Gasteiger partial charge in [-0.15, -0.1) is 11.3 Å². The fraction of sp³-hybridized carbons (Fsp3) is 0.526. The summed E-state index contributed by atoms with van der Waals surface area (Å²) in [5, 5.41) is 10.4. The van der Waals surface area contributed by atoms with Gasteiger partial charge in [0.1, 0.15) is 5.39 Å². The van der Waals surface area contributed by atoms with Crippen molar-refractivity contribution < 1.29 is 0 Å². The summed E-state index contributed by atoms with van der Waals surface area (Å²) in [6.45, 7) is 11.1. The lowest BCUT2D eigenvalue weighted by Crippen LogP contribution is -2.41. The van der Waals surface area contributed by atoms with Gasteiger partial charge in [-0.3, -0.25) is 14.7 Å². The zero-order valence-corrected chi connectivity index (χ0v) is 17.1. The number of anilines is 1. The van der Waals surface area contributed by atoms with Gasteiger partial charge in [-0.05, 0) is 51.1 Å². The van der Waals surface area contributed by atoms with Crippen molar-refractivity contribution in [3.8, 4) is 0 Å². The second-order valence-corrected chi connectivity index (χ2v) is 9.20. The maximum Gasteiger partial charge on any atom is 0.263 e. The molecule has 144 valence electrons. The van der Waals surface area contributed by atoms with E-state index in [-0.39, 0.29) is 11.1 Å². The summed E-state index contributed by atoms with van der Waals surface area (Å²) in [6.07, 6.45) is 2.70. The molecular formula is C19H26N6OS. The highest BCUT2D eigenvalue weighted by atomic mass is 32.1. The molecular weight excluding hydrogens is 360 g/mol. The molecule has 7 nitrogen and oxygen atoms in total. The zero-order valence-electron chi connectivity index (χ0n) is 16.2. The van der Waals surface area contributed by atoms with E-state index in [2.05, 4.69) is 43.7 Å². The van der Waals surface area contributed by atoms with Crippen molar-refractivity contribution in [2.45, 2.75) is 52.2 Å². The first-order valence-electron chi connectivity index (χ1n) is 9.34. The van der Waals surface area contributed by atoms with E-state index in [0.717, 1.165) is 26.1 Å². The molecule has 0 saturated carbocycles. The van der Waals surface area contributed by atoms with Crippen LogP contribution in [0, 0.1) is 0 Å². The molecule has 1 atom stereocenters. The van der Waals surface area contributed by atoms with E-state index >= 15 is 0 Å². The Bertz CT molecular complexity index is 1010. The predicted molar refractivity (Wildman–Crippen MR) is 110 cm³/mol. The van der Waals surface area contributed by atoms with Crippen LogP contribution in [0.3, 0.4) is 0 Å². The fourth-order valence-electron chi connectivity index (χ4n) is 3.51. The van der Waals surface area contributed by atoms with Gasteiger partial charge in [0.2, 0.25) is 5.95 Å². The van der Waals surface area contributed by atoms with E-state index in [1.165, 1.54) is 10.4 Å². The van der Waals surface area contributed by atoms with Crippen LogP contribution in [0.2, 0.25) is 0 Å². The van der Waals surface area contributed by atoms with E-state index in [4.69, 9.17) is 0 Å². The highest BCUT2D eigenvalue weighted by molar-refractivity contribution is 7.10. The van der Waals surface area contributed by atoms with Crippen LogP contribution in [0.4, 0.5) is 5.95 Å². The first-order chi connectivity index (χ1) is 12.8. The summed E-state index contributed by atoms with van der Waals surface area (Å²) in [5.74, 6) is 0.499. The summed E-state index contributed by atoms with van der Waals surface area (Å²) >= 11 is 1.86. The molecule has 3 aromatic rings. The molecule has 1 aliphatic rings. The maximum atomic E-state index is 12.4. The number of nitrogens with zero attached hydrogens (tertiary/aromatic N) is 4. The van der Waals surface area contributed by atoms with Gasteiger partial charge in [-0.1, -0.05) is 0 Å². The Hall–Kier alpha value is -2.19. The van der Waals surface area contributed by atoms with E-state index in [0.29, 0.717) is 23.0 Å². The first-order valence-corrected chi connectivity index (χ1v) is 10.2. The molecule has 27 heavy (non-hydrogen) atoms. The van der Waals surface area contributed by atoms with Crippen molar-refractivity contribution in [2.75, 3.05) is 18.4 Å². The SMILES string of the molecule is CC(CNc1nc2c(cnn2C(C)(C)C)c(=O)[nH]1)N1CCc2sccc2C1. The molecule has 2 N–H and O–H groups in total. The monoisotopic (exact) mass is 386 g/mol. The van der Waals surface area contributed by atoms with E-state index < -0.39 is 0 Å². The topological polar surface area (TPSA) is 78.8 Å². The molecule has 8 heteroatoms. The van der Waals surface area contributed by atoms with E-state index in [1.807, 2.05) is 32.1 Å². The molecule has 0 radical (unpaired) electrons. The highest BCUT2D eigenvalue weighted by Gasteiger charge is 2.22. The molecule has 3 aromatic heterocycles. The summed E-state index contributed by atoms with van der Waals surface area (Å²) < 4.78 is 1.80. The van der Waals surface area contributed by atoms with Crippen molar-refractivity contribution in [1.82, 2.24) is 24.6 Å². The molecule has 1 aliphatic heterocycles. The second kappa shape index (κ2) is 6.76. The Balaban J connectivity index is 1.50. The van der Waals surface area contributed by atoms with Crippen LogP contribution in [0.15, 0.2) is 22.4 Å². The Kier molecular flexibility index (Phi) is 4.55. The van der Waals surface area contributed by atoms with Crippen LogP contribution in [0.1, 0.15) is 38.1 Å². The van der Waals surface area contributed by atoms with Crippen LogP contribution < -0.4 is 10.9 Å². The number of rotatable bonds is 4. The molecule has 0 amide bonds. The third kappa shape index (κ3) is 3.51. The summed E-state index contributed by atoms with van der Waals surface area (Å²) in [7, 11) is 0. The largest absolute Gasteiger partial charge is 0.354 e. The average molecular weight is 387 g/mol. The predicted octanol–water partition coefficient (Wildman–Crippen LogP) is 2.79. The van der Waals surface area contributed by atoms with Crippen molar-refractivity contribution in [3.63, 3.8) is 0 Å². The Morgan fingerprint density at radius 2 is 2.22 bits per heavy atom. The minimum atomic E-state index is -0.237. The molecule has 4 heterocycles. The minimum Gasteiger partial charge on any atom is -0.354 e. The number of hydrogen-bond donors (Lipinski definition) is 2. The molecule has 0 spiro atoms. The van der Waals surface area contributed by atoms with Crippen LogP contribution in [-0.4, -0.2) is 43.8 Å². The van der Waals surface area contributed by atoms with Gasteiger partial charge in [-0.25, -0.2) is 4.68 Å². The quantitative estimate of drug-likeness (QED) is 0.721. The molecule has 0 bridgehead atoms. The van der Waals surface area contributed by atoms with Crippen molar-refractivity contribution in [3.05, 3.63) is 38.4 Å². The number of thiophene rings is 1. The number of H-pyrrole nitrogens is 1. The molecule has 0 saturated heterocycles. The number of aromatic nitrogens is 4. The molecule has 0 aromatic carbocycles. The molecule has 0 fully saturated rings. The molecule has 1 unspecified atom stereocenters. The standard InChI is InChI=1S/C19H26N6OS/c1-12(24-7-5-15-13(11-24)6-8-27-15)9-20-18-22-16-14(17(26)23-18)10-21-25(16)19(2,3)4/h6,8,10,12H,5,7,9,11H2,1-4H3,(H2,20,22,23,26). The lowest BCUT2D eigenvalue weighted by atomic mass is 10.1. The van der Waals surface area contributed by atoms with Crippen LogP contribution in [0.5, 0.6) is 0 Å². The van der Waals surface area contributed by atoms with Gasteiger partial charge < -0.3 is 5.32 Å². The minimum absolute atomic E-state index is 0.161. The number of fused-ring (bicyclic) bond motifs is 2. The van der Waals surface area contributed by atoms with Gasteiger partial charge in [0.15, 0.2) is 5.65 Å². The van der Waals surface area contributed by atoms with Gasteiger partial charge >= 0.3 is 0 Å². The third-order valence-corrected chi connectivity index (χ3v) is 6.12. The van der Waals surface area contributed by atoms with Crippen molar-refractivity contribution in [1.29, 1.82) is 0 Å². The van der Waals surface area contributed by atoms with Crippen LogP contribution >= 0.6 is 11.3 Å². The molecule has 0 aliphatic carbocycles. The van der Waals surface area contributed by atoms with Gasteiger partial charge in [-0.2, -0.15) is 10.1 Å². The van der Waals surface area contributed by atoms with Gasteiger partial charge in [0.25, 0.3) is 5.56 Å². The van der Waals surface area contributed by atoms with Crippen LogP contribution in [0.25, 0.3) is 11.0 Å². The average Bonchev–Trinajstić information content (AvgIpc) is 3.25.